The van der Waals surface area contributed by atoms with E-state index in [1.165, 1.54) is 0 Å². The van der Waals surface area contributed by atoms with Crippen LogP contribution >= 0.6 is 0 Å². The van der Waals surface area contributed by atoms with Crippen LogP contribution in [0.5, 0.6) is 0 Å². The zero-order valence-corrected chi connectivity index (χ0v) is 21.0. The van der Waals surface area contributed by atoms with Crippen molar-refractivity contribution >= 4 is 11.9 Å². The Bertz CT molecular complexity index is 697. The zero-order valence-electron chi connectivity index (χ0n) is 21.0. The summed E-state index contributed by atoms with van der Waals surface area (Å²) in [4.78, 5) is 25.3. The number of hydrogen-bond donors (Lipinski definition) is 0. The van der Waals surface area contributed by atoms with Gasteiger partial charge in [-0.3, -0.25) is 9.59 Å². The molecule has 6 heteroatoms. The summed E-state index contributed by atoms with van der Waals surface area (Å²) in [5.74, 6) is 0.0142. The first-order valence-corrected chi connectivity index (χ1v) is 12.5. The van der Waals surface area contributed by atoms with Gasteiger partial charge in [-0.2, -0.15) is 0 Å². The van der Waals surface area contributed by atoms with Gasteiger partial charge in [-0.15, -0.1) is 0 Å². The van der Waals surface area contributed by atoms with Crippen LogP contribution in [0.25, 0.3) is 0 Å². The quantitative estimate of drug-likeness (QED) is 0.384. The Hall–Kier alpha value is -1.14. The van der Waals surface area contributed by atoms with E-state index in [1.54, 1.807) is 0 Å². The molecule has 6 nitrogen and oxygen atoms in total. The van der Waals surface area contributed by atoms with Crippen molar-refractivity contribution in [2.24, 2.45) is 17.8 Å². The van der Waals surface area contributed by atoms with Gasteiger partial charge < -0.3 is 18.9 Å². The molecule has 2 aliphatic carbocycles. The minimum absolute atomic E-state index is 0.0578. The predicted octanol–water partition coefficient (Wildman–Crippen LogP) is 4.96. The maximum atomic E-state index is 12.6. The number of hydrogen-bond acceptors (Lipinski definition) is 6. The van der Waals surface area contributed by atoms with E-state index in [-0.39, 0.29) is 41.9 Å². The van der Waals surface area contributed by atoms with Crippen LogP contribution in [0.1, 0.15) is 99.8 Å². The number of carbonyl (C=O) groups excluding carboxylic acids is 2. The maximum absolute atomic E-state index is 12.6. The highest BCUT2D eigenvalue weighted by atomic mass is 16.6. The average molecular weight is 451 g/mol. The fourth-order valence-corrected chi connectivity index (χ4v) is 6.03. The van der Waals surface area contributed by atoms with E-state index in [4.69, 9.17) is 18.9 Å². The SMILES string of the molecule is CC(CC(=O)OC(C)(C)C1CCC2(C)OC2C1)CC(=O)OC(C)(C)C1CCC2(C)OC2C1. The lowest BCUT2D eigenvalue weighted by atomic mass is 9.75. The van der Waals surface area contributed by atoms with E-state index in [0.29, 0.717) is 24.0 Å². The molecule has 2 aliphatic heterocycles. The van der Waals surface area contributed by atoms with Crippen LogP contribution in [0.3, 0.4) is 0 Å². The molecule has 0 radical (unpaired) electrons. The van der Waals surface area contributed by atoms with Gasteiger partial charge in [0.1, 0.15) is 11.2 Å². The van der Waals surface area contributed by atoms with Crippen molar-refractivity contribution in [3.63, 3.8) is 0 Å². The molecule has 2 saturated heterocycles. The molecule has 4 rings (SSSR count). The van der Waals surface area contributed by atoms with E-state index in [1.807, 2.05) is 34.6 Å². The summed E-state index contributed by atoms with van der Waals surface area (Å²) in [5, 5.41) is 0. The Labute approximate surface area is 193 Å². The molecular weight excluding hydrogens is 408 g/mol. The summed E-state index contributed by atoms with van der Waals surface area (Å²) in [6.45, 7) is 14.2. The van der Waals surface area contributed by atoms with Gasteiger partial charge in [0, 0.05) is 24.7 Å². The fraction of sp³-hybridized carbons (Fsp3) is 0.923. The third kappa shape index (κ3) is 5.01. The van der Waals surface area contributed by atoms with Crippen LogP contribution < -0.4 is 0 Å². The van der Waals surface area contributed by atoms with Gasteiger partial charge in [-0.05, 0) is 86.0 Å². The molecule has 0 bridgehead atoms. The Morgan fingerprint density at radius 2 is 1.22 bits per heavy atom. The van der Waals surface area contributed by atoms with Gasteiger partial charge in [0.2, 0.25) is 0 Å². The molecule has 0 N–H and O–H groups in total. The number of fused-ring (bicyclic) bond motifs is 2. The summed E-state index contributed by atoms with van der Waals surface area (Å²) in [6, 6.07) is 0. The summed E-state index contributed by atoms with van der Waals surface area (Å²) in [6.07, 6.45) is 7.01. The summed E-state index contributed by atoms with van der Waals surface area (Å²) in [5.41, 5.74) is -0.926. The predicted molar refractivity (Wildman–Crippen MR) is 120 cm³/mol. The van der Waals surface area contributed by atoms with Crippen molar-refractivity contribution in [2.75, 3.05) is 0 Å². The van der Waals surface area contributed by atoms with Crippen molar-refractivity contribution in [2.45, 2.75) is 134 Å². The molecule has 32 heavy (non-hydrogen) atoms. The Balaban J connectivity index is 1.20. The van der Waals surface area contributed by atoms with E-state index in [9.17, 15) is 9.59 Å². The molecule has 0 amide bonds. The minimum Gasteiger partial charge on any atom is -0.459 e. The fourth-order valence-electron chi connectivity index (χ4n) is 6.03. The number of rotatable bonds is 8. The van der Waals surface area contributed by atoms with Crippen LogP contribution in [0, 0.1) is 17.8 Å². The lowest BCUT2D eigenvalue weighted by Crippen LogP contribution is -2.41. The monoisotopic (exact) mass is 450 g/mol. The van der Waals surface area contributed by atoms with Gasteiger partial charge in [0.15, 0.2) is 0 Å². The van der Waals surface area contributed by atoms with Gasteiger partial charge in [0.05, 0.1) is 23.4 Å². The van der Waals surface area contributed by atoms with Crippen molar-refractivity contribution in [1.29, 1.82) is 0 Å². The standard InChI is InChI=1S/C26H42O6/c1-16(12-21(27)31-23(2,3)17-8-10-25(6)19(14-17)29-25)13-22(28)32-24(4,5)18-9-11-26(7)20(15-18)30-26/h16-20H,8-15H2,1-7H3. The number of carbonyl (C=O) groups is 2. The lowest BCUT2D eigenvalue weighted by molar-refractivity contribution is -0.166. The first-order chi connectivity index (χ1) is 14.7. The Morgan fingerprint density at radius 3 is 1.56 bits per heavy atom. The highest BCUT2D eigenvalue weighted by Gasteiger charge is 2.58. The molecule has 182 valence electrons. The number of epoxide rings is 2. The second-order valence-electron chi connectivity index (χ2n) is 12.4. The molecule has 0 aromatic carbocycles. The first-order valence-electron chi connectivity index (χ1n) is 12.5. The minimum atomic E-state index is -0.521. The molecule has 2 heterocycles. The maximum Gasteiger partial charge on any atom is 0.306 e. The molecule has 6 atom stereocenters. The van der Waals surface area contributed by atoms with Crippen LogP contribution in [0.15, 0.2) is 0 Å². The van der Waals surface area contributed by atoms with Crippen LogP contribution in [-0.2, 0) is 28.5 Å². The topological polar surface area (TPSA) is 77.7 Å². The Kier molecular flexibility index (Phi) is 5.98. The first kappa shape index (κ1) is 24.0. The van der Waals surface area contributed by atoms with Crippen LogP contribution in [0.2, 0.25) is 0 Å². The van der Waals surface area contributed by atoms with Crippen LogP contribution in [-0.4, -0.2) is 46.6 Å². The summed E-state index contributed by atoms with van der Waals surface area (Å²) in [7, 11) is 0. The Morgan fingerprint density at radius 1 is 0.844 bits per heavy atom. The largest absolute Gasteiger partial charge is 0.459 e. The molecular formula is C26H42O6. The van der Waals surface area contributed by atoms with Crippen LogP contribution in [0.4, 0.5) is 0 Å². The molecule has 4 fully saturated rings. The lowest BCUT2D eigenvalue weighted by Gasteiger charge is -2.37. The van der Waals surface area contributed by atoms with Gasteiger partial charge >= 0.3 is 11.9 Å². The molecule has 2 saturated carbocycles. The molecule has 0 aromatic rings. The summed E-state index contributed by atoms with van der Waals surface area (Å²) < 4.78 is 23.4. The zero-order chi connectivity index (χ0) is 23.5. The van der Waals surface area contributed by atoms with E-state index >= 15 is 0 Å². The highest BCUT2D eigenvalue weighted by molar-refractivity contribution is 5.73. The molecule has 0 aromatic heterocycles. The normalized spacial score (nSPS) is 39.3. The smallest absolute Gasteiger partial charge is 0.306 e. The van der Waals surface area contributed by atoms with Crippen molar-refractivity contribution in [3.8, 4) is 0 Å². The highest BCUT2D eigenvalue weighted by Crippen LogP contribution is 2.53. The molecule has 6 unspecified atom stereocenters. The molecule has 4 aliphatic rings. The second-order valence-corrected chi connectivity index (χ2v) is 12.4. The third-order valence-electron chi connectivity index (χ3n) is 8.80. The van der Waals surface area contributed by atoms with E-state index < -0.39 is 11.2 Å². The van der Waals surface area contributed by atoms with Gasteiger partial charge in [-0.25, -0.2) is 0 Å². The van der Waals surface area contributed by atoms with Crippen molar-refractivity contribution in [1.82, 2.24) is 0 Å². The van der Waals surface area contributed by atoms with Crippen molar-refractivity contribution < 1.29 is 28.5 Å². The third-order valence-corrected chi connectivity index (χ3v) is 8.80. The number of esters is 2. The second kappa shape index (κ2) is 7.97. The van der Waals surface area contributed by atoms with E-state index in [0.717, 1.165) is 38.5 Å². The van der Waals surface area contributed by atoms with Gasteiger partial charge in [0.25, 0.3) is 0 Å². The summed E-state index contributed by atoms with van der Waals surface area (Å²) >= 11 is 0. The average Bonchev–Trinajstić information content (AvgIpc) is 3.51. The van der Waals surface area contributed by atoms with Crippen molar-refractivity contribution in [3.05, 3.63) is 0 Å². The number of ether oxygens (including phenoxy) is 4. The van der Waals surface area contributed by atoms with Gasteiger partial charge in [-0.1, -0.05) is 6.92 Å². The molecule has 0 spiro atoms. The van der Waals surface area contributed by atoms with E-state index in [2.05, 4.69) is 13.8 Å².